The van der Waals surface area contributed by atoms with Gasteiger partial charge in [0.05, 0.1) is 6.10 Å². The molecule has 0 amide bonds. The van der Waals surface area contributed by atoms with E-state index in [9.17, 15) is 0 Å². The van der Waals surface area contributed by atoms with Crippen molar-refractivity contribution in [1.29, 1.82) is 0 Å². The molecule has 1 aromatic rings. The van der Waals surface area contributed by atoms with Crippen molar-refractivity contribution >= 4 is 23.5 Å². The van der Waals surface area contributed by atoms with E-state index in [0.717, 1.165) is 26.0 Å². The standard InChI is InChI=1S/C11H18ClN5O/c1-3-13-10-15-9(12)16-11(17-10)14-7-5-8(6-7)18-4-2/h7-8H,3-6H2,1-2H3,(H2,13,14,15,16,17). The van der Waals surface area contributed by atoms with Crippen molar-refractivity contribution in [3.8, 4) is 0 Å². The maximum Gasteiger partial charge on any atom is 0.229 e. The molecular weight excluding hydrogens is 254 g/mol. The zero-order chi connectivity index (χ0) is 13.0. The number of aromatic nitrogens is 3. The Kier molecular flexibility index (Phi) is 4.54. The van der Waals surface area contributed by atoms with Crippen molar-refractivity contribution in [2.75, 3.05) is 23.8 Å². The molecule has 0 atom stereocenters. The molecule has 0 saturated heterocycles. The predicted octanol–water partition coefficient (Wildman–Crippen LogP) is 1.94. The van der Waals surface area contributed by atoms with Crippen molar-refractivity contribution < 1.29 is 4.74 Å². The van der Waals surface area contributed by atoms with Gasteiger partial charge in [-0.05, 0) is 38.3 Å². The minimum absolute atomic E-state index is 0.198. The van der Waals surface area contributed by atoms with Crippen molar-refractivity contribution in [3.05, 3.63) is 5.28 Å². The Morgan fingerprint density at radius 3 is 2.61 bits per heavy atom. The van der Waals surface area contributed by atoms with Crippen LogP contribution in [0.3, 0.4) is 0 Å². The molecular formula is C11H18ClN5O. The van der Waals surface area contributed by atoms with Gasteiger partial charge in [0.1, 0.15) is 0 Å². The van der Waals surface area contributed by atoms with Gasteiger partial charge in [-0.2, -0.15) is 15.0 Å². The summed E-state index contributed by atoms with van der Waals surface area (Å²) in [5.41, 5.74) is 0. The summed E-state index contributed by atoms with van der Waals surface area (Å²) in [5, 5.41) is 6.45. The van der Waals surface area contributed by atoms with E-state index in [0.29, 0.717) is 24.0 Å². The molecule has 1 saturated carbocycles. The maximum absolute atomic E-state index is 5.84. The molecule has 7 heteroatoms. The summed E-state index contributed by atoms with van der Waals surface area (Å²) in [6.07, 6.45) is 2.32. The quantitative estimate of drug-likeness (QED) is 0.824. The van der Waals surface area contributed by atoms with Crippen molar-refractivity contribution in [1.82, 2.24) is 15.0 Å². The van der Waals surface area contributed by atoms with E-state index in [1.807, 2.05) is 13.8 Å². The van der Waals surface area contributed by atoms with Gasteiger partial charge in [0, 0.05) is 19.2 Å². The van der Waals surface area contributed by atoms with Gasteiger partial charge in [0.25, 0.3) is 0 Å². The summed E-state index contributed by atoms with van der Waals surface area (Å²) in [7, 11) is 0. The highest BCUT2D eigenvalue weighted by Gasteiger charge is 2.30. The molecule has 1 heterocycles. The Balaban J connectivity index is 1.90. The number of nitrogens with zero attached hydrogens (tertiary/aromatic N) is 3. The summed E-state index contributed by atoms with van der Waals surface area (Å²) >= 11 is 5.84. The highest BCUT2D eigenvalue weighted by molar-refractivity contribution is 6.28. The first-order chi connectivity index (χ1) is 8.71. The average Bonchev–Trinajstić information content (AvgIpc) is 2.26. The third kappa shape index (κ3) is 3.43. The summed E-state index contributed by atoms with van der Waals surface area (Å²) in [6.45, 7) is 5.49. The third-order valence-electron chi connectivity index (χ3n) is 2.77. The summed E-state index contributed by atoms with van der Waals surface area (Å²) in [4.78, 5) is 12.3. The third-order valence-corrected chi connectivity index (χ3v) is 2.94. The SMILES string of the molecule is CCNc1nc(Cl)nc(NC2CC(OCC)C2)n1. The molecule has 0 aliphatic heterocycles. The van der Waals surface area contributed by atoms with Gasteiger partial charge >= 0.3 is 0 Å². The minimum Gasteiger partial charge on any atom is -0.378 e. The van der Waals surface area contributed by atoms with Gasteiger partial charge in [0.2, 0.25) is 17.2 Å². The largest absolute Gasteiger partial charge is 0.378 e. The normalized spacial score (nSPS) is 22.4. The van der Waals surface area contributed by atoms with Crippen LogP contribution in [0.1, 0.15) is 26.7 Å². The number of hydrogen-bond acceptors (Lipinski definition) is 6. The summed E-state index contributed by atoms with van der Waals surface area (Å²) in [5.74, 6) is 1.02. The van der Waals surface area contributed by atoms with E-state index >= 15 is 0 Å². The van der Waals surface area contributed by atoms with E-state index in [1.54, 1.807) is 0 Å². The highest BCUT2D eigenvalue weighted by atomic mass is 35.5. The first-order valence-corrected chi connectivity index (χ1v) is 6.62. The van der Waals surface area contributed by atoms with E-state index in [-0.39, 0.29) is 5.28 Å². The number of halogens is 1. The fraction of sp³-hybridized carbons (Fsp3) is 0.727. The Bertz CT molecular complexity index is 397. The van der Waals surface area contributed by atoms with Crippen LogP contribution in [0.2, 0.25) is 5.28 Å². The molecule has 18 heavy (non-hydrogen) atoms. The molecule has 6 nitrogen and oxygen atoms in total. The van der Waals surface area contributed by atoms with Gasteiger partial charge in [-0.15, -0.1) is 0 Å². The van der Waals surface area contributed by atoms with Crippen LogP contribution in [-0.4, -0.2) is 40.2 Å². The van der Waals surface area contributed by atoms with Gasteiger partial charge in [-0.3, -0.25) is 0 Å². The minimum atomic E-state index is 0.198. The van der Waals surface area contributed by atoms with Crippen molar-refractivity contribution in [2.45, 2.75) is 38.8 Å². The Labute approximate surface area is 112 Å². The number of nitrogens with one attached hydrogen (secondary N) is 2. The Morgan fingerprint density at radius 2 is 1.94 bits per heavy atom. The van der Waals surface area contributed by atoms with Crippen LogP contribution < -0.4 is 10.6 Å². The molecule has 0 radical (unpaired) electrons. The number of hydrogen-bond donors (Lipinski definition) is 2. The van der Waals surface area contributed by atoms with E-state index in [2.05, 4.69) is 25.6 Å². The monoisotopic (exact) mass is 271 g/mol. The average molecular weight is 272 g/mol. The van der Waals surface area contributed by atoms with E-state index in [1.165, 1.54) is 0 Å². The first-order valence-electron chi connectivity index (χ1n) is 6.24. The highest BCUT2D eigenvalue weighted by Crippen LogP contribution is 2.26. The molecule has 1 fully saturated rings. The van der Waals surface area contributed by atoms with E-state index < -0.39 is 0 Å². The lowest BCUT2D eigenvalue weighted by Crippen LogP contribution is -2.41. The Morgan fingerprint density at radius 1 is 1.22 bits per heavy atom. The summed E-state index contributed by atoms with van der Waals surface area (Å²) in [6, 6.07) is 0.356. The van der Waals surface area contributed by atoms with Gasteiger partial charge < -0.3 is 15.4 Å². The van der Waals surface area contributed by atoms with Crippen LogP contribution in [-0.2, 0) is 4.74 Å². The molecule has 1 aliphatic carbocycles. The molecule has 0 unspecified atom stereocenters. The number of anilines is 2. The van der Waals surface area contributed by atoms with Crippen LogP contribution in [0.25, 0.3) is 0 Å². The number of rotatable bonds is 6. The topological polar surface area (TPSA) is 72.0 Å². The zero-order valence-electron chi connectivity index (χ0n) is 10.6. The van der Waals surface area contributed by atoms with Crippen LogP contribution in [0.4, 0.5) is 11.9 Å². The predicted molar refractivity (Wildman–Crippen MR) is 71.1 cm³/mol. The van der Waals surface area contributed by atoms with Gasteiger partial charge in [0.15, 0.2) is 0 Å². The van der Waals surface area contributed by atoms with Crippen LogP contribution in [0.15, 0.2) is 0 Å². The second-order valence-electron chi connectivity index (χ2n) is 4.17. The van der Waals surface area contributed by atoms with Crippen molar-refractivity contribution in [2.24, 2.45) is 0 Å². The zero-order valence-corrected chi connectivity index (χ0v) is 11.4. The molecule has 2 rings (SSSR count). The molecule has 1 aromatic heterocycles. The second kappa shape index (κ2) is 6.15. The second-order valence-corrected chi connectivity index (χ2v) is 4.51. The lowest BCUT2D eigenvalue weighted by atomic mass is 9.89. The Hall–Kier alpha value is -1.14. The molecule has 0 bridgehead atoms. The fourth-order valence-corrected chi connectivity index (χ4v) is 2.05. The molecule has 0 spiro atoms. The van der Waals surface area contributed by atoms with Crippen LogP contribution >= 0.6 is 11.6 Å². The lowest BCUT2D eigenvalue weighted by molar-refractivity contribution is 0.00285. The van der Waals surface area contributed by atoms with Gasteiger partial charge in [-0.25, -0.2) is 0 Å². The fourth-order valence-electron chi connectivity index (χ4n) is 1.89. The molecule has 100 valence electrons. The summed E-state index contributed by atoms with van der Waals surface area (Å²) < 4.78 is 5.50. The maximum atomic E-state index is 5.84. The molecule has 0 aromatic carbocycles. The number of ether oxygens (including phenoxy) is 1. The van der Waals surface area contributed by atoms with Crippen LogP contribution in [0.5, 0.6) is 0 Å². The smallest absolute Gasteiger partial charge is 0.229 e. The first kappa shape index (κ1) is 13.3. The van der Waals surface area contributed by atoms with E-state index in [4.69, 9.17) is 16.3 Å². The lowest BCUT2D eigenvalue weighted by Gasteiger charge is -2.35. The van der Waals surface area contributed by atoms with Crippen LogP contribution in [0, 0.1) is 0 Å². The van der Waals surface area contributed by atoms with Crippen molar-refractivity contribution in [3.63, 3.8) is 0 Å². The molecule has 2 N–H and O–H groups in total. The van der Waals surface area contributed by atoms with Gasteiger partial charge in [-0.1, -0.05) is 0 Å². The molecule has 1 aliphatic rings.